The van der Waals surface area contributed by atoms with Crippen LogP contribution >= 0.6 is 11.6 Å². The number of rotatable bonds is 4. The SMILES string of the molecule is COc1cccc(C2(O)C3=C(CCC=C3)c3ccccc32)c1-c1c(Cl)cccc1[N+](=O)[O-]. The summed E-state index contributed by atoms with van der Waals surface area (Å²) in [5, 5.41) is 24.5. The van der Waals surface area contributed by atoms with Gasteiger partial charge < -0.3 is 9.84 Å². The standard InChI is InChI=1S/C26H20ClNO4/c1-32-23-15-6-12-20(24(23)25-21(27)13-7-14-22(25)28(30)31)26(29)18-10-4-2-8-16(18)17-9-3-5-11-19(17)26/h2,4-8,10-15,29H,3,9H2,1H3. The Balaban J connectivity index is 1.90. The van der Waals surface area contributed by atoms with E-state index in [2.05, 4.69) is 0 Å². The second-order valence-corrected chi connectivity index (χ2v) is 8.27. The van der Waals surface area contributed by atoms with Gasteiger partial charge in [-0.05, 0) is 41.7 Å². The Hall–Kier alpha value is -3.41. The molecule has 0 fully saturated rings. The van der Waals surface area contributed by atoms with E-state index in [1.165, 1.54) is 13.2 Å². The molecule has 5 rings (SSSR count). The molecule has 0 aliphatic heterocycles. The largest absolute Gasteiger partial charge is 0.496 e. The molecule has 0 radical (unpaired) electrons. The summed E-state index contributed by atoms with van der Waals surface area (Å²) in [6.45, 7) is 0. The molecule has 0 bridgehead atoms. The van der Waals surface area contributed by atoms with Crippen molar-refractivity contribution in [2.45, 2.75) is 18.4 Å². The smallest absolute Gasteiger partial charge is 0.278 e. The highest BCUT2D eigenvalue weighted by Crippen LogP contribution is 2.56. The third-order valence-corrected chi connectivity index (χ3v) is 6.59. The van der Waals surface area contributed by atoms with Crippen LogP contribution in [-0.4, -0.2) is 17.1 Å². The molecule has 160 valence electrons. The zero-order valence-electron chi connectivity index (χ0n) is 17.3. The number of ether oxygens (including phenoxy) is 1. The number of hydrogen-bond acceptors (Lipinski definition) is 4. The van der Waals surface area contributed by atoms with Gasteiger partial charge in [0, 0.05) is 22.8 Å². The van der Waals surface area contributed by atoms with E-state index in [0.29, 0.717) is 16.9 Å². The van der Waals surface area contributed by atoms with E-state index in [0.717, 1.165) is 35.1 Å². The fraction of sp³-hybridized carbons (Fsp3) is 0.154. The van der Waals surface area contributed by atoms with Crippen molar-refractivity contribution in [1.29, 1.82) is 0 Å². The van der Waals surface area contributed by atoms with Crippen molar-refractivity contribution in [3.8, 4) is 16.9 Å². The quantitative estimate of drug-likeness (QED) is 0.379. The van der Waals surface area contributed by atoms with Crippen LogP contribution in [0.2, 0.25) is 5.02 Å². The Bertz CT molecular complexity index is 1330. The molecule has 0 amide bonds. The van der Waals surface area contributed by atoms with Gasteiger partial charge >= 0.3 is 0 Å². The molecule has 32 heavy (non-hydrogen) atoms. The molecule has 1 N–H and O–H groups in total. The summed E-state index contributed by atoms with van der Waals surface area (Å²) in [7, 11) is 1.50. The molecule has 0 saturated heterocycles. The average molecular weight is 446 g/mol. The van der Waals surface area contributed by atoms with E-state index >= 15 is 0 Å². The van der Waals surface area contributed by atoms with Crippen LogP contribution in [0.15, 0.2) is 78.4 Å². The van der Waals surface area contributed by atoms with Crippen LogP contribution < -0.4 is 4.74 Å². The van der Waals surface area contributed by atoms with Gasteiger partial charge in [-0.25, -0.2) is 0 Å². The van der Waals surface area contributed by atoms with Crippen molar-refractivity contribution in [2.24, 2.45) is 0 Å². The Morgan fingerprint density at radius 3 is 2.56 bits per heavy atom. The number of hydrogen-bond donors (Lipinski definition) is 1. The van der Waals surface area contributed by atoms with Gasteiger partial charge in [0.05, 0.1) is 22.6 Å². The maximum atomic E-state index is 12.4. The Morgan fingerprint density at radius 1 is 1.03 bits per heavy atom. The van der Waals surface area contributed by atoms with Crippen molar-refractivity contribution in [3.63, 3.8) is 0 Å². The number of benzene rings is 3. The molecule has 2 aliphatic rings. The van der Waals surface area contributed by atoms with Gasteiger partial charge in [0.25, 0.3) is 5.69 Å². The minimum absolute atomic E-state index is 0.147. The first-order chi connectivity index (χ1) is 15.5. The van der Waals surface area contributed by atoms with Crippen LogP contribution in [-0.2, 0) is 5.60 Å². The van der Waals surface area contributed by atoms with Gasteiger partial charge in [0.1, 0.15) is 11.4 Å². The van der Waals surface area contributed by atoms with Crippen LogP contribution in [0.1, 0.15) is 29.5 Å². The third kappa shape index (κ3) is 2.82. The monoisotopic (exact) mass is 445 g/mol. The molecule has 1 atom stereocenters. The first-order valence-corrected chi connectivity index (χ1v) is 10.7. The van der Waals surface area contributed by atoms with E-state index in [1.54, 1.807) is 30.3 Å². The number of aliphatic hydroxyl groups is 1. The number of allylic oxidation sites excluding steroid dienone is 2. The van der Waals surface area contributed by atoms with E-state index in [9.17, 15) is 15.2 Å². The Labute approximate surface area is 190 Å². The van der Waals surface area contributed by atoms with E-state index in [-0.39, 0.29) is 16.3 Å². The zero-order chi connectivity index (χ0) is 22.5. The van der Waals surface area contributed by atoms with E-state index in [4.69, 9.17) is 16.3 Å². The van der Waals surface area contributed by atoms with Gasteiger partial charge in [0.15, 0.2) is 0 Å². The van der Waals surface area contributed by atoms with E-state index < -0.39 is 10.5 Å². The molecule has 6 heteroatoms. The first kappa shape index (κ1) is 20.5. The summed E-state index contributed by atoms with van der Waals surface area (Å²) in [5.74, 6) is 0.401. The number of fused-ring (bicyclic) bond motifs is 2. The number of nitro benzene ring substituents is 1. The highest BCUT2D eigenvalue weighted by Gasteiger charge is 2.46. The van der Waals surface area contributed by atoms with Gasteiger partial charge in [-0.2, -0.15) is 0 Å². The number of halogens is 1. The highest BCUT2D eigenvalue weighted by molar-refractivity contribution is 6.34. The fourth-order valence-corrected chi connectivity index (χ4v) is 5.22. The number of nitro groups is 1. The summed E-state index contributed by atoms with van der Waals surface area (Å²) in [4.78, 5) is 11.4. The molecule has 0 saturated carbocycles. The first-order valence-electron chi connectivity index (χ1n) is 10.3. The minimum Gasteiger partial charge on any atom is -0.496 e. The summed E-state index contributed by atoms with van der Waals surface area (Å²) < 4.78 is 5.63. The maximum absolute atomic E-state index is 12.4. The summed E-state index contributed by atoms with van der Waals surface area (Å²) in [6.07, 6.45) is 5.72. The maximum Gasteiger partial charge on any atom is 0.278 e. The predicted octanol–water partition coefficient (Wildman–Crippen LogP) is 6.28. The van der Waals surface area contributed by atoms with Gasteiger partial charge in [-0.15, -0.1) is 0 Å². The number of nitrogens with zero attached hydrogens (tertiary/aromatic N) is 1. The molecule has 1 unspecified atom stereocenters. The molecule has 0 heterocycles. The minimum atomic E-state index is -1.50. The Kier molecular flexibility index (Phi) is 4.88. The van der Waals surface area contributed by atoms with E-state index in [1.807, 2.05) is 36.4 Å². The van der Waals surface area contributed by atoms with Crippen LogP contribution in [0.3, 0.4) is 0 Å². The van der Waals surface area contributed by atoms with Crippen molar-refractivity contribution in [3.05, 3.63) is 110 Å². The molecular formula is C26H20ClNO4. The second-order valence-electron chi connectivity index (χ2n) is 7.86. The fourth-order valence-electron chi connectivity index (χ4n) is 4.95. The summed E-state index contributed by atoms with van der Waals surface area (Å²) >= 11 is 6.53. The molecule has 3 aromatic rings. The van der Waals surface area contributed by atoms with Gasteiger partial charge in [-0.3, -0.25) is 10.1 Å². The lowest BCUT2D eigenvalue weighted by atomic mass is 9.78. The third-order valence-electron chi connectivity index (χ3n) is 6.28. The highest BCUT2D eigenvalue weighted by atomic mass is 35.5. The average Bonchev–Trinajstić information content (AvgIpc) is 3.08. The normalized spacial score (nSPS) is 19.0. The molecule has 0 spiro atoms. The zero-order valence-corrected chi connectivity index (χ0v) is 18.1. The lowest BCUT2D eigenvalue weighted by molar-refractivity contribution is -0.384. The summed E-state index contributed by atoms with van der Waals surface area (Å²) in [6, 6.07) is 17.6. The molecular weight excluding hydrogens is 426 g/mol. The topological polar surface area (TPSA) is 72.6 Å². The van der Waals surface area contributed by atoms with Crippen molar-refractivity contribution >= 4 is 22.9 Å². The number of methoxy groups -OCH3 is 1. The Morgan fingerprint density at radius 2 is 1.78 bits per heavy atom. The van der Waals surface area contributed by atoms with Crippen LogP contribution in [0.4, 0.5) is 5.69 Å². The van der Waals surface area contributed by atoms with Gasteiger partial charge in [0.2, 0.25) is 0 Å². The van der Waals surface area contributed by atoms with Crippen molar-refractivity contribution < 1.29 is 14.8 Å². The lowest BCUT2D eigenvalue weighted by Gasteiger charge is -2.31. The molecule has 3 aromatic carbocycles. The van der Waals surface area contributed by atoms with Crippen molar-refractivity contribution in [1.82, 2.24) is 0 Å². The predicted molar refractivity (Wildman–Crippen MR) is 125 cm³/mol. The molecule has 0 aromatic heterocycles. The molecule has 5 nitrogen and oxygen atoms in total. The van der Waals surface area contributed by atoms with Crippen LogP contribution in [0.5, 0.6) is 5.75 Å². The van der Waals surface area contributed by atoms with Gasteiger partial charge in [-0.1, -0.05) is 66.2 Å². The van der Waals surface area contributed by atoms with Crippen LogP contribution in [0.25, 0.3) is 16.7 Å². The van der Waals surface area contributed by atoms with Crippen LogP contribution in [0, 0.1) is 10.1 Å². The molecule has 2 aliphatic carbocycles. The second kappa shape index (κ2) is 7.62. The van der Waals surface area contributed by atoms with Crippen molar-refractivity contribution in [2.75, 3.05) is 7.11 Å². The lowest BCUT2D eigenvalue weighted by Crippen LogP contribution is -2.28. The summed E-state index contributed by atoms with van der Waals surface area (Å²) in [5.41, 5.74) is 3.12.